The zero-order chi connectivity index (χ0) is 21.7. The van der Waals surface area contributed by atoms with E-state index >= 15 is 0 Å². The molecule has 0 atom stereocenters. The average Bonchev–Trinajstić information content (AvgIpc) is 2.74. The van der Waals surface area contributed by atoms with Crippen LogP contribution >= 0.6 is 0 Å². The summed E-state index contributed by atoms with van der Waals surface area (Å²) in [6, 6.07) is 9.51. The fourth-order valence-electron chi connectivity index (χ4n) is 3.61. The predicted octanol–water partition coefficient (Wildman–Crippen LogP) is 3.88. The van der Waals surface area contributed by atoms with Crippen LogP contribution in [0, 0.1) is 6.92 Å². The third-order valence-electron chi connectivity index (χ3n) is 5.36. The predicted molar refractivity (Wildman–Crippen MR) is 116 cm³/mol. The third kappa shape index (κ3) is 5.05. The smallest absolute Gasteiger partial charge is 0.262 e. The molecule has 0 aromatic heterocycles. The second kappa shape index (κ2) is 9.38. The van der Waals surface area contributed by atoms with E-state index < -0.39 is 10.0 Å². The number of anilines is 1. The number of carbonyl (C=O) groups excluding carboxylic acids is 1. The highest BCUT2D eigenvalue weighted by Crippen LogP contribution is 2.31. The van der Waals surface area contributed by atoms with E-state index in [9.17, 15) is 13.2 Å². The number of rotatable bonds is 7. The Balaban J connectivity index is 1.84. The lowest BCUT2D eigenvalue weighted by molar-refractivity contribution is 0.0927. The molecule has 0 heterocycles. The number of amides is 1. The van der Waals surface area contributed by atoms with Gasteiger partial charge in [-0.25, -0.2) is 8.42 Å². The van der Waals surface area contributed by atoms with Gasteiger partial charge in [0.25, 0.3) is 15.9 Å². The monoisotopic (exact) mass is 432 g/mol. The number of hydrogen-bond acceptors (Lipinski definition) is 5. The Hall–Kier alpha value is -2.74. The van der Waals surface area contributed by atoms with Crippen LogP contribution in [0.1, 0.15) is 48.0 Å². The van der Waals surface area contributed by atoms with E-state index in [1.54, 1.807) is 31.2 Å². The SMILES string of the molecule is COc1ccc(NS(=O)(=O)c2ccc(C)c(C(=O)NC3CCCCC3)c2)c(OC)c1. The van der Waals surface area contributed by atoms with Gasteiger partial charge in [-0.2, -0.15) is 0 Å². The second-order valence-electron chi connectivity index (χ2n) is 7.46. The van der Waals surface area contributed by atoms with Gasteiger partial charge in [-0.3, -0.25) is 9.52 Å². The van der Waals surface area contributed by atoms with Crippen LogP contribution in [0.2, 0.25) is 0 Å². The molecule has 1 fully saturated rings. The Morgan fingerprint density at radius 2 is 1.73 bits per heavy atom. The number of aryl methyl sites for hydroxylation is 1. The van der Waals surface area contributed by atoms with Gasteiger partial charge in [-0.15, -0.1) is 0 Å². The van der Waals surface area contributed by atoms with Crippen molar-refractivity contribution >= 4 is 21.6 Å². The molecule has 0 saturated heterocycles. The van der Waals surface area contributed by atoms with Crippen LogP contribution in [0.4, 0.5) is 5.69 Å². The summed E-state index contributed by atoms with van der Waals surface area (Å²) in [7, 11) is -0.953. The van der Waals surface area contributed by atoms with Crippen molar-refractivity contribution in [1.82, 2.24) is 5.32 Å². The fraction of sp³-hybridized carbons (Fsp3) is 0.409. The van der Waals surface area contributed by atoms with Crippen molar-refractivity contribution in [2.75, 3.05) is 18.9 Å². The van der Waals surface area contributed by atoms with Gasteiger partial charge < -0.3 is 14.8 Å². The molecule has 0 unspecified atom stereocenters. The van der Waals surface area contributed by atoms with E-state index in [2.05, 4.69) is 10.0 Å². The molecule has 1 aliphatic carbocycles. The summed E-state index contributed by atoms with van der Waals surface area (Å²) >= 11 is 0. The van der Waals surface area contributed by atoms with Gasteiger partial charge in [-0.1, -0.05) is 25.3 Å². The number of hydrogen-bond donors (Lipinski definition) is 2. The molecule has 1 saturated carbocycles. The van der Waals surface area contributed by atoms with Crippen molar-refractivity contribution in [2.45, 2.75) is 50.0 Å². The van der Waals surface area contributed by atoms with Gasteiger partial charge in [0.15, 0.2) is 0 Å². The quantitative estimate of drug-likeness (QED) is 0.693. The maximum Gasteiger partial charge on any atom is 0.262 e. The number of nitrogens with one attached hydrogen (secondary N) is 2. The molecule has 162 valence electrons. The van der Waals surface area contributed by atoms with Gasteiger partial charge in [0, 0.05) is 17.7 Å². The van der Waals surface area contributed by atoms with Crippen molar-refractivity contribution < 1.29 is 22.7 Å². The number of ether oxygens (including phenoxy) is 2. The first-order valence-corrected chi connectivity index (χ1v) is 11.5. The molecule has 30 heavy (non-hydrogen) atoms. The molecular formula is C22H28N2O5S. The first-order valence-electron chi connectivity index (χ1n) is 10.0. The van der Waals surface area contributed by atoms with Crippen molar-refractivity contribution in [1.29, 1.82) is 0 Å². The third-order valence-corrected chi connectivity index (χ3v) is 6.72. The Labute approximate surface area is 177 Å². The molecule has 2 aromatic carbocycles. The summed E-state index contributed by atoms with van der Waals surface area (Å²) < 4.78 is 38.9. The zero-order valence-electron chi connectivity index (χ0n) is 17.5. The highest BCUT2D eigenvalue weighted by molar-refractivity contribution is 7.92. The van der Waals surface area contributed by atoms with Crippen molar-refractivity contribution in [3.8, 4) is 11.5 Å². The summed E-state index contributed by atoms with van der Waals surface area (Å²) in [4.78, 5) is 12.8. The summed E-state index contributed by atoms with van der Waals surface area (Å²) in [5.74, 6) is 0.644. The topological polar surface area (TPSA) is 93.7 Å². The van der Waals surface area contributed by atoms with Gasteiger partial charge in [0.05, 0.1) is 24.8 Å². The minimum absolute atomic E-state index is 0.0137. The molecule has 7 nitrogen and oxygen atoms in total. The number of carbonyl (C=O) groups is 1. The standard InChI is InChI=1S/C22H28N2O5S/c1-15-9-11-18(14-19(15)22(25)23-16-7-5-4-6-8-16)30(26,27)24-20-12-10-17(28-2)13-21(20)29-3/h9-14,16,24H,4-8H2,1-3H3,(H,23,25). The molecular weight excluding hydrogens is 404 g/mol. The second-order valence-corrected chi connectivity index (χ2v) is 9.14. The number of benzene rings is 2. The van der Waals surface area contributed by atoms with Crippen molar-refractivity contribution in [3.63, 3.8) is 0 Å². The van der Waals surface area contributed by atoms with Gasteiger partial charge in [0.2, 0.25) is 0 Å². The van der Waals surface area contributed by atoms with Crippen LogP contribution in [0.25, 0.3) is 0 Å². The van der Waals surface area contributed by atoms with E-state index in [1.165, 1.54) is 32.8 Å². The summed E-state index contributed by atoms with van der Waals surface area (Å²) in [6.07, 6.45) is 5.32. The number of sulfonamides is 1. The molecule has 3 rings (SSSR count). The van der Waals surface area contributed by atoms with Crippen LogP contribution in [-0.4, -0.2) is 34.6 Å². The summed E-state index contributed by atoms with van der Waals surface area (Å²) in [5.41, 5.74) is 1.38. The Morgan fingerprint density at radius 1 is 1.00 bits per heavy atom. The highest BCUT2D eigenvalue weighted by atomic mass is 32.2. The van der Waals surface area contributed by atoms with E-state index in [-0.39, 0.29) is 22.5 Å². The molecule has 0 radical (unpaired) electrons. The molecule has 2 aromatic rings. The molecule has 0 bridgehead atoms. The lowest BCUT2D eigenvalue weighted by Gasteiger charge is -2.23. The van der Waals surface area contributed by atoms with E-state index in [4.69, 9.17) is 9.47 Å². The lowest BCUT2D eigenvalue weighted by atomic mass is 9.95. The van der Waals surface area contributed by atoms with Crippen molar-refractivity contribution in [2.24, 2.45) is 0 Å². The fourth-order valence-corrected chi connectivity index (χ4v) is 4.71. The van der Waals surface area contributed by atoms with Gasteiger partial charge >= 0.3 is 0 Å². The van der Waals surface area contributed by atoms with Crippen LogP contribution in [-0.2, 0) is 10.0 Å². The Morgan fingerprint density at radius 3 is 2.40 bits per heavy atom. The lowest BCUT2D eigenvalue weighted by Crippen LogP contribution is -2.36. The van der Waals surface area contributed by atoms with E-state index in [0.29, 0.717) is 17.1 Å². The van der Waals surface area contributed by atoms with Crippen LogP contribution in [0.3, 0.4) is 0 Å². The van der Waals surface area contributed by atoms with Crippen molar-refractivity contribution in [3.05, 3.63) is 47.5 Å². The molecule has 1 aliphatic rings. The minimum atomic E-state index is -3.92. The normalized spacial score (nSPS) is 14.8. The van der Waals surface area contributed by atoms with E-state index in [1.807, 2.05) is 0 Å². The first-order chi connectivity index (χ1) is 14.3. The molecule has 0 aliphatic heterocycles. The van der Waals surface area contributed by atoms with Crippen LogP contribution in [0.5, 0.6) is 11.5 Å². The maximum absolute atomic E-state index is 13.0. The van der Waals surface area contributed by atoms with Crippen LogP contribution < -0.4 is 19.5 Å². The Bertz CT molecular complexity index is 1010. The Kier molecular flexibility index (Phi) is 6.87. The molecule has 2 N–H and O–H groups in total. The van der Waals surface area contributed by atoms with Gasteiger partial charge in [-0.05, 0) is 49.6 Å². The van der Waals surface area contributed by atoms with E-state index in [0.717, 1.165) is 31.2 Å². The van der Waals surface area contributed by atoms with Gasteiger partial charge in [0.1, 0.15) is 11.5 Å². The summed E-state index contributed by atoms with van der Waals surface area (Å²) in [6.45, 7) is 1.80. The largest absolute Gasteiger partial charge is 0.497 e. The molecule has 0 spiro atoms. The molecule has 8 heteroatoms. The highest BCUT2D eigenvalue weighted by Gasteiger charge is 2.22. The summed E-state index contributed by atoms with van der Waals surface area (Å²) in [5, 5.41) is 3.05. The number of methoxy groups -OCH3 is 2. The maximum atomic E-state index is 13.0. The minimum Gasteiger partial charge on any atom is -0.497 e. The zero-order valence-corrected chi connectivity index (χ0v) is 18.3. The average molecular weight is 433 g/mol. The van der Waals surface area contributed by atoms with Crippen LogP contribution in [0.15, 0.2) is 41.3 Å². The molecule has 1 amide bonds. The first kappa shape index (κ1) is 22.0.